The molecule has 1 atom stereocenters. The molecule has 1 amide bonds. The maximum Gasteiger partial charge on any atom is 0.284 e. The zero-order valence-corrected chi connectivity index (χ0v) is 13.2. The first-order chi connectivity index (χ1) is 11.2. The number of carbonyl (C=O) groups excluding carboxylic acids is 1. The number of hydrogen-bond donors (Lipinski definition) is 2. The molecule has 5 heteroatoms. The third kappa shape index (κ3) is 5.73. The summed E-state index contributed by atoms with van der Waals surface area (Å²) < 4.78 is 5.67. The van der Waals surface area contributed by atoms with Gasteiger partial charge in [0.1, 0.15) is 5.75 Å². The Labute approximate surface area is 136 Å². The van der Waals surface area contributed by atoms with E-state index in [1.165, 1.54) is 5.56 Å². The van der Waals surface area contributed by atoms with Crippen LogP contribution in [0.15, 0.2) is 60.7 Å². The van der Waals surface area contributed by atoms with Crippen molar-refractivity contribution in [1.29, 1.82) is 0 Å². The van der Waals surface area contributed by atoms with Crippen LogP contribution in [0, 0.1) is 0 Å². The highest BCUT2D eigenvalue weighted by Crippen LogP contribution is 2.13. The number of carbonyl (C=O) groups is 1. The van der Waals surface area contributed by atoms with E-state index in [-0.39, 0.29) is 0 Å². The molecule has 0 aliphatic heterocycles. The smallest absolute Gasteiger partial charge is 0.284 e. The van der Waals surface area contributed by atoms with Crippen LogP contribution in [0.5, 0.6) is 5.75 Å². The van der Waals surface area contributed by atoms with Crippen LogP contribution >= 0.6 is 0 Å². The van der Waals surface area contributed by atoms with E-state index in [9.17, 15) is 4.79 Å². The van der Waals surface area contributed by atoms with Gasteiger partial charge in [-0.3, -0.25) is 10.0 Å². The molecule has 0 spiro atoms. The van der Waals surface area contributed by atoms with Crippen molar-refractivity contribution in [2.45, 2.75) is 19.1 Å². The van der Waals surface area contributed by atoms with Gasteiger partial charge in [-0.05, 0) is 24.7 Å². The Hall–Kier alpha value is -2.37. The fourth-order valence-electron chi connectivity index (χ4n) is 2.29. The lowest BCUT2D eigenvalue weighted by atomic mass is 10.2. The lowest BCUT2D eigenvalue weighted by Gasteiger charge is -2.21. The Bertz CT molecular complexity index is 590. The van der Waals surface area contributed by atoms with Crippen molar-refractivity contribution in [3.8, 4) is 5.75 Å². The first-order valence-corrected chi connectivity index (χ1v) is 7.57. The lowest BCUT2D eigenvalue weighted by Crippen LogP contribution is -2.39. The van der Waals surface area contributed by atoms with Crippen LogP contribution in [0.4, 0.5) is 0 Å². The molecule has 5 nitrogen and oxygen atoms in total. The molecule has 2 N–H and O–H groups in total. The minimum atomic E-state index is -0.736. The van der Waals surface area contributed by atoms with Crippen molar-refractivity contribution in [2.75, 3.05) is 13.6 Å². The van der Waals surface area contributed by atoms with E-state index in [1.807, 2.05) is 43.4 Å². The number of nitrogens with zero attached hydrogens (tertiary/aromatic N) is 1. The van der Waals surface area contributed by atoms with Gasteiger partial charge in [0, 0.05) is 19.5 Å². The molecule has 122 valence electrons. The molecule has 0 saturated heterocycles. The fraction of sp³-hybridized carbons (Fsp3) is 0.278. The van der Waals surface area contributed by atoms with Gasteiger partial charge >= 0.3 is 0 Å². The van der Waals surface area contributed by atoms with E-state index in [4.69, 9.17) is 9.94 Å². The summed E-state index contributed by atoms with van der Waals surface area (Å²) in [5.74, 6) is 0.0637. The second-order valence-corrected chi connectivity index (χ2v) is 5.41. The second kappa shape index (κ2) is 8.92. The molecule has 2 aromatic rings. The van der Waals surface area contributed by atoms with Gasteiger partial charge in [-0.1, -0.05) is 48.5 Å². The van der Waals surface area contributed by atoms with Gasteiger partial charge in [-0.2, -0.15) is 0 Å². The molecule has 23 heavy (non-hydrogen) atoms. The molecular weight excluding hydrogens is 292 g/mol. The number of rotatable bonds is 8. The van der Waals surface area contributed by atoms with E-state index in [0.717, 1.165) is 6.54 Å². The zero-order valence-electron chi connectivity index (χ0n) is 13.2. The maximum absolute atomic E-state index is 11.8. The van der Waals surface area contributed by atoms with Crippen LogP contribution in [0.25, 0.3) is 0 Å². The van der Waals surface area contributed by atoms with Crippen molar-refractivity contribution in [2.24, 2.45) is 0 Å². The number of para-hydroxylation sites is 1. The molecule has 0 aliphatic carbocycles. The summed E-state index contributed by atoms with van der Waals surface area (Å²) in [6.07, 6.45) is -0.259. The number of hydroxylamine groups is 1. The molecule has 0 bridgehead atoms. The van der Waals surface area contributed by atoms with Crippen LogP contribution in [-0.2, 0) is 11.3 Å². The average Bonchev–Trinajstić information content (AvgIpc) is 2.59. The maximum atomic E-state index is 11.8. The molecule has 0 radical (unpaired) electrons. The molecule has 2 rings (SSSR count). The van der Waals surface area contributed by atoms with E-state index in [1.54, 1.807) is 17.6 Å². The molecular formula is C18H22N2O3. The fourth-order valence-corrected chi connectivity index (χ4v) is 2.29. The van der Waals surface area contributed by atoms with Crippen molar-refractivity contribution >= 4 is 5.91 Å². The molecule has 0 heterocycles. The van der Waals surface area contributed by atoms with Gasteiger partial charge in [0.2, 0.25) is 0 Å². The topological polar surface area (TPSA) is 61.8 Å². The quantitative estimate of drug-likeness (QED) is 0.580. The number of nitrogens with one attached hydrogen (secondary N) is 1. The summed E-state index contributed by atoms with van der Waals surface area (Å²) in [5, 5.41) is 8.89. The van der Waals surface area contributed by atoms with E-state index in [0.29, 0.717) is 18.7 Å². The van der Waals surface area contributed by atoms with Gasteiger partial charge in [-0.25, -0.2) is 5.48 Å². The highest BCUT2D eigenvalue weighted by Gasteiger charge is 2.20. The largest absolute Gasteiger partial charge is 0.480 e. The van der Waals surface area contributed by atoms with Crippen molar-refractivity contribution in [3.05, 3.63) is 66.2 Å². The zero-order chi connectivity index (χ0) is 16.5. The Morgan fingerprint density at radius 1 is 1.13 bits per heavy atom. The van der Waals surface area contributed by atoms with Crippen LogP contribution in [0.1, 0.15) is 12.0 Å². The van der Waals surface area contributed by atoms with Crippen molar-refractivity contribution < 1.29 is 14.7 Å². The molecule has 2 aromatic carbocycles. The molecule has 0 aromatic heterocycles. The number of hydrogen-bond acceptors (Lipinski definition) is 4. The van der Waals surface area contributed by atoms with Crippen LogP contribution in [0.3, 0.4) is 0 Å². The summed E-state index contributed by atoms with van der Waals surface area (Å²) in [6.45, 7) is 1.46. The Balaban J connectivity index is 1.89. The predicted octanol–water partition coefficient (Wildman–Crippen LogP) is 2.46. The Morgan fingerprint density at radius 2 is 1.74 bits per heavy atom. The van der Waals surface area contributed by atoms with Crippen molar-refractivity contribution in [3.63, 3.8) is 0 Å². The van der Waals surface area contributed by atoms with E-state index < -0.39 is 12.0 Å². The van der Waals surface area contributed by atoms with Crippen LogP contribution < -0.4 is 10.2 Å². The summed E-state index contributed by atoms with van der Waals surface area (Å²) in [6, 6.07) is 19.2. The Morgan fingerprint density at radius 3 is 2.35 bits per heavy atom. The molecule has 0 saturated carbocycles. The van der Waals surface area contributed by atoms with Crippen LogP contribution in [-0.4, -0.2) is 35.7 Å². The predicted molar refractivity (Wildman–Crippen MR) is 88.2 cm³/mol. The average molecular weight is 314 g/mol. The van der Waals surface area contributed by atoms with Crippen molar-refractivity contribution in [1.82, 2.24) is 10.4 Å². The molecule has 0 fully saturated rings. The summed E-state index contributed by atoms with van der Waals surface area (Å²) in [5.41, 5.74) is 2.89. The number of ether oxygens (including phenoxy) is 1. The SMILES string of the molecule is CN(CC[C@@H](Oc1ccccc1)C(=O)NO)Cc1ccccc1. The lowest BCUT2D eigenvalue weighted by molar-refractivity contribution is -0.136. The standard InChI is InChI=1S/C18H22N2O3/c1-20(14-15-8-4-2-5-9-15)13-12-17(18(21)19-22)23-16-10-6-3-7-11-16/h2-11,17,22H,12-14H2,1H3,(H,19,21)/t17-/m1/s1. The second-order valence-electron chi connectivity index (χ2n) is 5.41. The van der Waals surface area contributed by atoms with E-state index in [2.05, 4.69) is 17.0 Å². The van der Waals surface area contributed by atoms with Gasteiger partial charge in [0.15, 0.2) is 6.10 Å². The monoisotopic (exact) mass is 314 g/mol. The number of benzene rings is 2. The summed E-state index contributed by atoms with van der Waals surface area (Å²) in [7, 11) is 1.99. The normalized spacial score (nSPS) is 12.0. The highest BCUT2D eigenvalue weighted by molar-refractivity contribution is 5.79. The first kappa shape index (κ1) is 17.0. The Kier molecular flexibility index (Phi) is 6.59. The summed E-state index contributed by atoms with van der Waals surface area (Å²) in [4.78, 5) is 13.9. The molecule has 0 aliphatic rings. The van der Waals surface area contributed by atoms with Crippen LogP contribution in [0.2, 0.25) is 0 Å². The van der Waals surface area contributed by atoms with Gasteiger partial charge in [0.05, 0.1) is 0 Å². The highest BCUT2D eigenvalue weighted by atomic mass is 16.5. The summed E-state index contributed by atoms with van der Waals surface area (Å²) >= 11 is 0. The van der Waals surface area contributed by atoms with Gasteiger partial charge in [-0.15, -0.1) is 0 Å². The molecule has 0 unspecified atom stereocenters. The third-order valence-electron chi connectivity index (χ3n) is 3.49. The van der Waals surface area contributed by atoms with Gasteiger partial charge < -0.3 is 9.64 Å². The van der Waals surface area contributed by atoms with E-state index >= 15 is 0 Å². The minimum Gasteiger partial charge on any atom is -0.480 e. The third-order valence-corrected chi connectivity index (χ3v) is 3.49. The number of amides is 1. The van der Waals surface area contributed by atoms with Gasteiger partial charge in [0.25, 0.3) is 5.91 Å². The first-order valence-electron chi connectivity index (χ1n) is 7.57. The minimum absolute atomic E-state index is 0.477.